The molecule has 1 aromatic rings. The molecule has 0 spiro atoms. The van der Waals surface area contributed by atoms with E-state index in [0.29, 0.717) is 17.8 Å². The average Bonchev–Trinajstić information content (AvgIpc) is 2.58. The van der Waals surface area contributed by atoms with Crippen LogP contribution < -0.4 is 5.32 Å². The molecule has 1 atom stereocenters. The van der Waals surface area contributed by atoms with Crippen molar-refractivity contribution in [3.05, 3.63) is 56.8 Å². The summed E-state index contributed by atoms with van der Waals surface area (Å²) < 4.78 is 6.27. The Bertz CT molecular complexity index is 818. The van der Waals surface area contributed by atoms with Crippen molar-refractivity contribution in [1.82, 2.24) is 5.32 Å². The Morgan fingerprint density at radius 2 is 1.96 bits per heavy atom. The summed E-state index contributed by atoms with van der Waals surface area (Å²) >= 11 is 3.45. The molecule has 138 valence electrons. The Morgan fingerprint density at radius 3 is 2.58 bits per heavy atom. The third-order valence-corrected chi connectivity index (χ3v) is 5.73. The highest BCUT2D eigenvalue weighted by Crippen LogP contribution is 2.47. The fourth-order valence-electron chi connectivity index (χ4n) is 3.75. The Morgan fingerprint density at radius 1 is 1.31 bits per heavy atom. The second kappa shape index (κ2) is 7.03. The van der Waals surface area contributed by atoms with Gasteiger partial charge in [0.15, 0.2) is 5.78 Å². The lowest BCUT2D eigenvalue weighted by Gasteiger charge is -2.39. The number of hydrogen-bond acceptors (Lipinski definition) is 4. The normalized spacial score (nSPS) is 22.0. The van der Waals surface area contributed by atoms with Gasteiger partial charge in [-0.3, -0.25) is 4.79 Å². The van der Waals surface area contributed by atoms with Gasteiger partial charge < -0.3 is 10.1 Å². The Balaban J connectivity index is 2.18. The first-order valence-electron chi connectivity index (χ1n) is 8.94. The fourth-order valence-corrected chi connectivity index (χ4v) is 4.01. The number of benzene rings is 1. The first-order valence-corrected chi connectivity index (χ1v) is 9.73. The highest BCUT2D eigenvalue weighted by molar-refractivity contribution is 9.10. The van der Waals surface area contributed by atoms with Crippen LogP contribution in [0.3, 0.4) is 0 Å². The van der Waals surface area contributed by atoms with Gasteiger partial charge in [-0.25, -0.2) is 4.79 Å². The number of ether oxygens (including phenoxy) is 1. The van der Waals surface area contributed by atoms with E-state index in [2.05, 4.69) is 21.2 Å². The van der Waals surface area contributed by atoms with Gasteiger partial charge in [0.05, 0.1) is 12.2 Å². The van der Waals surface area contributed by atoms with Crippen LogP contribution in [-0.4, -0.2) is 18.4 Å². The molecule has 26 heavy (non-hydrogen) atoms. The molecule has 0 bridgehead atoms. The van der Waals surface area contributed by atoms with Crippen molar-refractivity contribution in [3.8, 4) is 0 Å². The highest BCUT2D eigenvalue weighted by atomic mass is 79.9. The van der Waals surface area contributed by atoms with E-state index in [0.717, 1.165) is 34.3 Å². The van der Waals surface area contributed by atoms with Crippen molar-refractivity contribution in [2.75, 3.05) is 6.61 Å². The minimum absolute atomic E-state index is 0.105. The number of rotatable bonds is 3. The Labute approximate surface area is 162 Å². The van der Waals surface area contributed by atoms with Crippen LogP contribution in [0.1, 0.15) is 52.0 Å². The minimum Gasteiger partial charge on any atom is -0.463 e. The molecular weight excluding hydrogens is 394 g/mol. The van der Waals surface area contributed by atoms with Crippen LogP contribution >= 0.6 is 15.9 Å². The van der Waals surface area contributed by atoms with Gasteiger partial charge in [0.25, 0.3) is 0 Å². The van der Waals surface area contributed by atoms with Crippen LogP contribution in [0.15, 0.2) is 51.3 Å². The predicted molar refractivity (Wildman–Crippen MR) is 104 cm³/mol. The molecule has 1 heterocycles. The fraction of sp³-hybridized carbons (Fsp3) is 0.429. The second-order valence-electron chi connectivity index (χ2n) is 7.47. The number of allylic oxidation sites excluding steroid dienone is 3. The molecule has 3 rings (SSSR count). The van der Waals surface area contributed by atoms with Gasteiger partial charge in [-0.2, -0.15) is 0 Å². The van der Waals surface area contributed by atoms with E-state index in [1.165, 1.54) is 0 Å². The number of ketones is 1. The molecule has 1 aromatic carbocycles. The third kappa shape index (κ3) is 3.25. The molecule has 5 heteroatoms. The molecule has 1 aliphatic carbocycles. The number of halogens is 1. The molecule has 0 saturated heterocycles. The van der Waals surface area contributed by atoms with Crippen LogP contribution in [0.5, 0.6) is 0 Å². The summed E-state index contributed by atoms with van der Waals surface area (Å²) in [6.45, 7) is 7.93. The lowest BCUT2D eigenvalue weighted by Crippen LogP contribution is -2.40. The van der Waals surface area contributed by atoms with Crippen molar-refractivity contribution in [2.45, 2.75) is 46.5 Å². The summed E-state index contributed by atoms with van der Waals surface area (Å²) in [4.78, 5) is 26.0. The number of carbonyl (C=O) groups excluding carboxylic acids is 2. The first kappa shape index (κ1) is 18.9. The number of nitrogens with one attached hydrogen (secondary N) is 1. The second-order valence-corrected chi connectivity index (χ2v) is 8.39. The third-order valence-electron chi connectivity index (χ3n) is 5.20. The van der Waals surface area contributed by atoms with Gasteiger partial charge in [-0.05, 0) is 44.4 Å². The smallest absolute Gasteiger partial charge is 0.336 e. The Hall–Kier alpha value is -1.88. The highest BCUT2D eigenvalue weighted by Gasteiger charge is 2.44. The molecular formula is C21H24BrNO3. The first-order chi connectivity index (χ1) is 12.3. The molecule has 0 fully saturated rings. The van der Waals surface area contributed by atoms with E-state index in [-0.39, 0.29) is 11.8 Å². The zero-order valence-corrected chi connectivity index (χ0v) is 17.2. The largest absolute Gasteiger partial charge is 0.463 e. The summed E-state index contributed by atoms with van der Waals surface area (Å²) in [7, 11) is 0. The van der Waals surface area contributed by atoms with Crippen LogP contribution in [0.4, 0.5) is 0 Å². The molecule has 1 unspecified atom stereocenters. The van der Waals surface area contributed by atoms with E-state index < -0.39 is 11.3 Å². The molecule has 2 aliphatic rings. The average molecular weight is 418 g/mol. The number of Topliss-reactive ketones (excluding diaryl/α,β-unsaturated/α-hetero) is 1. The van der Waals surface area contributed by atoms with Crippen molar-refractivity contribution < 1.29 is 14.3 Å². The molecule has 4 nitrogen and oxygen atoms in total. The zero-order chi connectivity index (χ0) is 19.1. The number of esters is 1. The maximum absolute atomic E-state index is 13.3. The van der Waals surface area contributed by atoms with Crippen LogP contribution in [0, 0.1) is 5.41 Å². The Kier molecular flexibility index (Phi) is 5.11. The maximum Gasteiger partial charge on any atom is 0.336 e. The number of carbonyl (C=O) groups is 2. The number of dihydropyridines is 1. The van der Waals surface area contributed by atoms with Gasteiger partial charge in [0.2, 0.25) is 0 Å². The molecule has 1 N–H and O–H groups in total. The predicted octanol–water partition coefficient (Wildman–Crippen LogP) is 4.62. The summed E-state index contributed by atoms with van der Waals surface area (Å²) in [6, 6.07) is 7.81. The van der Waals surface area contributed by atoms with Gasteiger partial charge in [-0.15, -0.1) is 0 Å². The lowest BCUT2D eigenvalue weighted by atomic mass is 9.67. The molecule has 0 saturated carbocycles. The molecule has 0 aromatic heterocycles. The van der Waals surface area contributed by atoms with E-state index in [1.807, 2.05) is 45.0 Å². The van der Waals surface area contributed by atoms with Crippen LogP contribution in [0.2, 0.25) is 0 Å². The lowest BCUT2D eigenvalue weighted by molar-refractivity contribution is -0.138. The summed E-state index contributed by atoms with van der Waals surface area (Å²) in [5, 5.41) is 3.32. The van der Waals surface area contributed by atoms with Gasteiger partial charge in [-0.1, -0.05) is 41.9 Å². The van der Waals surface area contributed by atoms with Crippen molar-refractivity contribution in [1.29, 1.82) is 0 Å². The number of hydrogen-bond donors (Lipinski definition) is 1. The SMILES string of the molecule is CCOC(=O)C1=C(C)NC2=C(C(=O)C(C)(C)CC2)C1c1ccc(Br)cc1. The van der Waals surface area contributed by atoms with Crippen LogP contribution in [-0.2, 0) is 14.3 Å². The molecule has 0 radical (unpaired) electrons. The van der Waals surface area contributed by atoms with E-state index in [9.17, 15) is 9.59 Å². The van der Waals surface area contributed by atoms with Crippen molar-refractivity contribution in [2.24, 2.45) is 5.41 Å². The van der Waals surface area contributed by atoms with Crippen LogP contribution in [0.25, 0.3) is 0 Å². The quantitative estimate of drug-likeness (QED) is 0.729. The topological polar surface area (TPSA) is 55.4 Å². The van der Waals surface area contributed by atoms with Crippen molar-refractivity contribution >= 4 is 27.7 Å². The van der Waals surface area contributed by atoms with Gasteiger partial charge >= 0.3 is 5.97 Å². The van der Waals surface area contributed by atoms with E-state index >= 15 is 0 Å². The molecule has 0 amide bonds. The summed E-state index contributed by atoms with van der Waals surface area (Å²) in [6.07, 6.45) is 1.60. The van der Waals surface area contributed by atoms with Gasteiger partial charge in [0.1, 0.15) is 0 Å². The maximum atomic E-state index is 13.3. The zero-order valence-electron chi connectivity index (χ0n) is 15.6. The van der Waals surface area contributed by atoms with Crippen molar-refractivity contribution in [3.63, 3.8) is 0 Å². The summed E-state index contributed by atoms with van der Waals surface area (Å²) in [5.41, 5.74) is 3.43. The monoisotopic (exact) mass is 417 g/mol. The summed E-state index contributed by atoms with van der Waals surface area (Å²) in [5.74, 6) is -0.660. The van der Waals surface area contributed by atoms with E-state index in [1.54, 1.807) is 6.92 Å². The minimum atomic E-state index is -0.431. The molecule has 1 aliphatic heterocycles. The van der Waals surface area contributed by atoms with Gasteiger partial charge in [0, 0.05) is 32.8 Å². The van der Waals surface area contributed by atoms with E-state index in [4.69, 9.17) is 4.74 Å². The standard InChI is InChI=1S/C21H24BrNO3/c1-5-26-20(25)16-12(2)23-15-10-11-21(3,4)19(24)18(15)17(16)13-6-8-14(22)9-7-13/h6-9,17,23H,5,10-11H2,1-4H3.